The second-order valence-corrected chi connectivity index (χ2v) is 21.7. The van der Waals surface area contributed by atoms with Gasteiger partial charge in [-0.15, -0.1) is 0 Å². The van der Waals surface area contributed by atoms with Crippen LogP contribution in [-0.2, 0) is 18.4 Å². The number of rotatable bonds is 51. The summed E-state index contributed by atoms with van der Waals surface area (Å²) in [5.74, 6) is -0.202. The molecule has 1 amide bonds. The molecule has 0 spiro atoms. The Labute approximate surface area is 398 Å². The van der Waals surface area contributed by atoms with Crippen LogP contribution in [0, 0.1) is 0 Å². The smallest absolute Gasteiger partial charge is 0.268 e. The van der Waals surface area contributed by atoms with Gasteiger partial charge in [0.2, 0.25) is 5.91 Å². The fourth-order valence-corrected chi connectivity index (χ4v) is 9.01. The summed E-state index contributed by atoms with van der Waals surface area (Å²) < 4.78 is 23.3. The molecular formula is C55H109N2O6P. The molecule has 0 fully saturated rings. The maximum absolute atomic E-state index is 12.9. The first-order chi connectivity index (χ1) is 31.0. The van der Waals surface area contributed by atoms with Crippen LogP contribution >= 0.6 is 7.82 Å². The van der Waals surface area contributed by atoms with E-state index in [1.54, 1.807) is 6.08 Å². The van der Waals surface area contributed by atoms with E-state index in [4.69, 9.17) is 9.05 Å². The van der Waals surface area contributed by atoms with Crippen LogP contribution in [0.25, 0.3) is 0 Å². The molecular weight excluding hydrogens is 816 g/mol. The Bertz CT molecular complexity index is 1090. The summed E-state index contributed by atoms with van der Waals surface area (Å²) in [6.45, 7) is 4.66. The van der Waals surface area contributed by atoms with Gasteiger partial charge in [-0.05, 0) is 32.1 Å². The van der Waals surface area contributed by atoms with Crippen LogP contribution in [0.5, 0.6) is 0 Å². The van der Waals surface area contributed by atoms with Crippen LogP contribution in [0.1, 0.15) is 271 Å². The van der Waals surface area contributed by atoms with Gasteiger partial charge in [-0.1, -0.05) is 256 Å². The zero-order chi connectivity index (χ0) is 47.1. The predicted octanol–water partition coefficient (Wildman–Crippen LogP) is 15.8. The standard InChI is InChI=1S/C55H109N2O6P/c1-6-8-10-12-14-16-18-20-22-24-25-26-27-28-29-30-31-33-35-37-39-41-43-45-47-49-55(59)56-53(52-63-64(60,61)62-51-50-57(3,4)5)54(58)48-46-44-42-40-38-36-34-32-23-21-19-17-15-13-11-9-7-2/h38,40,46,48,53-54,58H,6-37,39,41-45,47,49-52H2,1-5H3,(H-,56,59,60,61)/b40-38+,48-46+. The molecule has 380 valence electrons. The number of carbonyl (C=O) groups is 1. The van der Waals surface area contributed by atoms with Crippen molar-refractivity contribution in [1.29, 1.82) is 0 Å². The number of amides is 1. The van der Waals surface area contributed by atoms with Crippen LogP contribution in [0.2, 0.25) is 0 Å². The lowest BCUT2D eigenvalue weighted by atomic mass is 10.0. The topological polar surface area (TPSA) is 108 Å². The normalized spacial score (nSPS) is 14.2. The number of hydrogen-bond acceptors (Lipinski definition) is 6. The SMILES string of the molecule is CCCCCCCCCCCCC/C=C/CC/C=C/C(O)C(COP(=O)([O-])OCC[N+](C)(C)C)NC(=O)CCCCCCCCCCCCCCCCCCCCCCCCCCC. The minimum Gasteiger partial charge on any atom is -0.756 e. The average Bonchev–Trinajstić information content (AvgIpc) is 3.25. The summed E-state index contributed by atoms with van der Waals surface area (Å²) in [5, 5.41) is 13.8. The van der Waals surface area contributed by atoms with E-state index < -0.39 is 20.0 Å². The van der Waals surface area contributed by atoms with Gasteiger partial charge in [-0.25, -0.2) is 0 Å². The minimum atomic E-state index is -4.60. The number of aliphatic hydroxyl groups is 1. The van der Waals surface area contributed by atoms with Crippen LogP contribution in [-0.4, -0.2) is 68.5 Å². The first-order valence-corrected chi connectivity index (χ1v) is 29.2. The predicted molar refractivity (Wildman–Crippen MR) is 275 cm³/mol. The number of aliphatic hydroxyl groups excluding tert-OH is 1. The van der Waals surface area contributed by atoms with Gasteiger partial charge < -0.3 is 28.8 Å². The van der Waals surface area contributed by atoms with E-state index in [2.05, 4.69) is 31.3 Å². The number of allylic oxidation sites excluding steroid dienone is 3. The van der Waals surface area contributed by atoms with Gasteiger partial charge in [0.15, 0.2) is 0 Å². The molecule has 0 aromatic heterocycles. The Morgan fingerprint density at radius 3 is 1.27 bits per heavy atom. The van der Waals surface area contributed by atoms with Gasteiger partial charge in [0.1, 0.15) is 13.2 Å². The molecule has 9 heteroatoms. The molecule has 0 aromatic carbocycles. The number of phosphoric acid groups is 1. The van der Waals surface area contributed by atoms with Crippen molar-refractivity contribution >= 4 is 13.7 Å². The van der Waals surface area contributed by atoms with E-state index in [0.29, 0.717) is 17.4 Å². The van der Waals surface area contributed by atoms with Crippen molar-refractivity contribution in [3.05, 3.63) is 24.3 Å². The van der Waals surface area contributed by atoms with Gasteiger partial charge in [0.05, 0.1) is 39.9 Å². The van der Waals surface area contributed by atoms with E-state index in [9.17, 15) is 19.4 Å². The highest BCUT2D eigenvalue weighted by atomic mass is 31.2. The molecule has 2 N–H and O–H groups in total. The molecule has 0 radical (unpaired) electrons. The molecule has 0 aliphatic heterocycles. The van der Waals surface area contributed by atoms with Crippen LogP contribution in [0.4, 0.5) is 0 Å². The molecule has 0 saturated carbocycles. The van der Waals surface area contributed by atoms with Gasteiger partial charge in [0.25, 0.3) is 7.82 Å². The van der Waals surface area contributed by atoms with E-state index in [1.165, 1.54) is 212 Å². The van der Waals surface area contributed by atoms with Gasteiger partial charge in [-0.2, -0.15) is 0 Å². The second-order valence-electron chi connectivity index (χ2n) is 20.3. The lowest BCUT2D eigenvalue weighted by molar-refractivity contribution is -0.870. The van der Waals surface area contributed by atoms with Gasteiger partial charge in [-0.3, -0.25) is 9.36 Å². The first kappa shape index (κ1) is 63.0. The zero-order valence-electron chi connectivity index (χ0n) is 43.3. The number of phosphoric ester groups is 1. The van der Waals surface area contributed by atoms with Crippen molar-refractivity contribution in [3.63, 3.8) is 0 Å². The molecule has 0 aromatic rings. The van der Waals surface area contributed by atoms with Crippen molar-refractivity contribution in [2.45, 2.75) is 283 Å². The number of carbonyl (C=O) groups excluding carboxylic acids is 1. The third kappa shape index (κ3) is 48.9. The molecule has 0 rings (SSSR count). The van der Waals surface area contributed by atoms with Crippen molar-refractivity contribution in [1.82, 2.24) is 5.32 Å². The highest BCUT2D eigenvalue weighted by Gasteiger charge is 2.23. The Hall–Kier alpha value is -1.02. The maximum atomic E-state index is 12.9. The molecule has 0 aliphatic rings. The van der Waals surface area contributed by atoms with Gasteiger partial charge in [0, 0.05) is 6.42 Å². The van der Waals surface area contributed by atoms with Crippen LogP contribution in [0.15, 0.2) is 24.3 Å². The minimum absolute atomic E-state index is 0.00385. The highest BCUT2D eigenvalue weighted by molar-refractivity contribution is 7.45. The summed E-state index contributed by atoms with van der Waals surface area (Å²) in [6.07, 6.45) is 58.2. The Morgan fingerprint density at radius 2 is 0.875 bits per heavy atom. The summed E-state index contributed by atoms with van der Waals surface area (Å²) >= 11 is 0. The summed E-state index contributed by atoms with van der Waals surface area (Å²) in [4.78, 5) is 25.4. The van der Waals surface area contributed by atoms with E-state index in [1.807, 2.05) is 27.2 Å². The third-order valence-corrected chi connectivity index (χ3v) is 13.6. The van der Waals surface area contributed by atoms with Crippen LogP contribution in [0.3, 0.4) is 0 Å². The number of quaternary nitrogens is 1. The van der Waals surface area contributed by atoms with Gasteiger partial charge >= 0.3 is 0 Å². The number of nitrogens with one attached hydrogen (secondary N) is 1. The van der Waals surface area contributed by atoms with Crippen LogP contribution < -0.4 is 10.2 Å². The molecule has 0 bridgehead atoms. The van der Waals surface area contributed by atoms with E-state index >= 15 is 0 Å². The molecule has 3 unspecified atom stereocenters. The lowest BCUT2D eigenvalue weighted by Gasteiger charge is -2.29. The largest absolute Gasteiger partial charge is 0.756 e. The summed E-state index contributed by atoms with van der Waals surface area (Å²) in [5.41, 5.74) is 0. The molecule has 0 saturated heterocycles. The highest BCUT2D eigenvalue weighted by Crippen LogP contribution is 2.38. The average molecular weight is 925 g/mol. The monoisotopic (exact) mass is 925 g/mol. The maximum Gasteiger partial charge on any atom is 0.268 e. The van der Waals surface area contributed by atoms with Crippen molar-refractivity contribution in [3.8, 4) is 0 Å². The molecule has 0 heterocycles. The second kappa shape index (κ2) is 47.1. The Kier molecular flexibility index (Phi) is 46.3. The van der Waals surface area contributed by atoms with Crippen molar-refractivity contribution < 1.29 is 32.9 Å². The fraction of sp³-hybridized carbons (Fsp3) is 0.909. The third-order valence-electron chi connectivity index (χ3n) is 12.7. The number of nitrogens with zero attached hydrogens (tertiary/aromatic N) is 1. The molecule has 64 heavy (non-hydrogen) atoms. The molecule has 8 nitrogen and oxygen atoms in total. The molecule has 3 atom stereocenters. The summed E-state index contributed by atoms with van der Waals surface area (Å²) in [7, 11) is 1.26. The van der Waals surface area contributed by atoms with Crippen molar-refractivity contribution in [2.24, 2.45) is 0 Å². The fourth-order valence-electron chi connectivity index (χ4n) is 8.29. The molecule has 0 aliphatic carbocycles. The lowest BCUT2D eigenvalue weighted by Crippen LogP contribution is -2.45. The Balaban J connectivity index is 4.20. The first-order valence-electron chi connectivity index (χ1n) is 27.7. The Morgan fingerprint density at radius 1 is 0.531 bits per heavy atom. The van der Waals surface area contributed by atoms with E-state index in [-0.39, 0.29) is 19.1 Å². The van der Waals surface area contributed by atoms with Crippen molar-refractivity contribution in [2.75, 3.05) is 40.9 Å². The van der Waals surface area contributed by atoms with E-state index in [0.717, 1.165) is 38.5 Å². The number of unbranched alkanes of at least 4 members (excludes halogenated alkanes) is 36. The number of hydrogen-bond donors (Lipinski definition) is 2. The summed E-state index contributed by atoms with van der Waals surface area (Å²) in [6, 6.07) is -0.899. The zero-order valence-corrected chi connectivity index (χ0v) is 44.1. The quantitative estimate of drug-likeness (QED) is 0.0272. The number of likely N-dealkylation sites (N-methyl/N-ethyl adjacent to an activating group) is 1.